The lowest BCUT2D eigenvalue weighted by molar-refractivity contribution is -0.149. The molecule has 2 atom stereocenters. The Morgan fingerprint density at radius 1 is 1.17 bits per heavy atom. The Bertz CT molecular complexity index is 280. The van der Waals surface area contributed by atoms with Gasteiger partial charge in [-0.05, 0) is 33.1 Å². The molecule has 0 aliphatic heterocycles. The van der Waals surface area contributed by atoms with E-state index < -0.39 is 0 Å². The minimum absolute atomic E-state index is 0.0293. The van der Waals surface area contributed by atoms with E-state index in [1.807, 2.05) is 6.92 Å². The lowest BCUT2D eigenvalue weighted by Crippen LogP contribution is -2.39. The first-order valence-corrected chi connectivity index (χ1v) is 6.73. The highest BCUT2D eigenvalue weighted by atomic mass is 16.5. The lowest BCUT2D eigenvalue weighted by atomic mass is 9.86. The Morgan fingerprint density at radius 2 is 1.89 bits per heavy atom. The van der Waals surface area contributed by atoms with Crippen LogP contribution in [0.2, 0.25) is 0 Å². The molecule has 1 aliphatic carbocycles. The number of carbonyl (C=O) groups excluding carboxylic acids is 2. The predicted molar refractivity (Wildman–Crippen MR) is 67.0 cm³/mol. The fourth-order valence-corrected chi connectivity index (χ4v) is 2.29. The van der Waals surface area contributed by atoms with Crippen LogP contribution in [-0.2, 0) is 19.1 Å². The van der Waals surface area contributed by atoms with Crippen molar-refractivity contribution < 1.29 is 19.1 Å². The van der Waals surface area contributed by atoms with Gasteiger partial charge in [0, 0.05) is 6.04 Å². The molecule has 0 bridgehead atoms. The summed E-state index contributed by atoms with van der Waals surface area (Å²) in [5.74, 6) is -0.380. The van der Waals surface area contributed by atoms with Gasteiger partial charge in [0.2, 0.25) is 0 Å². The predicted octanol–water partition coefficient (Wildman–Crippen LogP) is 1.26. The summed E-state index contributed by atoms with van der Waals surface area (Å²) in [6.45, 7) is 4.65. The van der Waals surface area contributed by atoms with Crippen molar-refractivity contribution in [2.75, 3.05) is 19.8 Å². The summed E-state index contributed by atoms with van der Waals surface area (Å²) in [7, 11) is 0. The summed E-state index contributed by atoms with van der Waals surface area (Å²) >= 11 is 0. The van der Waals surface area contributed by atoms with Crippen LogP contribution in [0, 0.1) is 5.92 Å². The first-order valence-electron chi connectivity index (χ1n) is 6.73. The van der Waals surface area contributed by atoms with Gasteiger partial charge in [0.25, 0.3) is 0 Å². The van der Waals surface area contributed by atoms with E-state index in [9.17, 15) is 9.59 Å². The van der Waals surface area contributed by atoms with Gasteiger partial charge in [-0.15, -0.1) is 0 Å². The van der Waals surface area contributed by atoms with Gasteiger partial charge in [-0.1, -0.05) is 6.42 Å². The standard InChI is InChI=1S/C13H23NO4/c1-3-17-12(15)9-14-11-7-5-6-10(8-11)13(16)18-4-2/h10-11,14H,3-9H2,1-2H3. The molecule has 5 nitrogen and oxygen atoms in total. The quantitative estimate of drug-likeness (QED) is 0.726. The molecule has 0 aromatic carbocycles. The lowest BCUT2D eigenvalue weighted by Gasteiger charge is -2.28. The molecule has 1 fully saturated rings. The SMILES string of the molecule is CCOC(=O)CNC1CCCC(C(=O)OCC)C1. The maximum Gasteiger partial charge on any atom is 0.319 e. The summed E-state index contributed by atoms with van der Waals surface area (Å²) in [6.07, 6.45) is 3.62. The normalized spacial score (nSPS) is 23.4. The van der Waals surface area contributed by atoms with Gasteiger partial charge < -0.3 is 14.8 Å². The number of hydrogen-bond donors (Lipinski definition) is 1. The summed E-state index contributed by atoms with van der Waals surface area (Å²) < 4.78 is 9.89. The van der Waals surface area contributed by atoms with Crippen molar-refractivity contribution in [2.45, 2.75) is 45.6 Å². The molecule has 18 heavy (non-hydrogen) atoms. The number of nitrogens with one attached hydrogen (secondary N) is 1. The number of carbonyl (C=O) groups is 2. The van der Waals surface area contributed by atoms with Gasteiger partial charge in [0.15, 0.2) is 0 Å². The van der Waals surface area contributed by atoms with Crippen molar-refractivity contribution in [1.82, 2.24) is 5.32 Å². The van der Waals surface area contributed by atoms with Crippen LogP contribution >= 0.6 is 0 Å². The highest BCUT2D eigenvalue weighted by Gasteiger charge is 2.28. The molecule has 1 N–H and O–H groups in total. The second kappa shape index (κ2) is 8.08. The summed E-state index contributed by atoms with van der Waals surface area (Å²) in [5.41, 5.74) is 0. The van der Waals surface area contributed by atoms with Gasteiger partial charge in [-0.3, -0.25) is 9.59 Å². The third-order valence-electron chi connectivity index (χ3n) is 3.13. The van der Waals surface area contributed by atoms with Gasteiger partial charge in [-0.25, -0.2) is 0 Å². The fraction of sp³-hybridized carbons (Fsp3) is 0.846. The van der Waals surface area contributed by atoms with Crippen molar-refractivity contribution in [2.24, 2.45) is 5.92 Å². The van der Waals surface area contributed by atoms with Gasteiger partial charge in [-0.2, -0.15) is 0 Å². The first kappa shape index (κ1) is 15.0. The molecule has 0 aromatic heterocycles. The molecule has 0 radical (unpaired) electrons. The van der Waals surface area contributed by atoms with Crippen LogP contribution in [0.25, 0.3) is 0 Å². The van der Waals surface area contributed by atoms with Crippen molar-refractivity contribution in [3.63, 3.8) is 0 Å². The van der Waals surface area contributed by atoms with Gasteiger partial charge >= 0.3 is 11.9 Å². The largest absolute Gasteiger partial charge is 0.466 e. The van der Waals surface area contributed by atoms with E-state index >= 15 is 0 Å². The van der Waals surface area contributed by atoms with Crippen LogP contribution < -0.4 is 5.32 Å². The second-order valence-corrected chi connectivity index (χ2v) is 4.50. The van der Waals surface area contributed by atoms with E-state index in [0.29, 0.717) is 13.2 Å². The average Bonchev–Trinajstić information content (AvgIpc) is 2.37. The minimum atomic E-state index is -0.240. The molecule has 1 aliphatic rings. The zero-order valence-corrected chi connectivity index (χ0v) is 11.2. The molecule has 104 valence electrons. The van der Waals surface area contributed by atoms with Crippen LogP contribution in [0.5, 0.6) is 0 Å². The Kier molecular flexibility index (Phi) is 6.72. The van der Waals surface area contributed by atoms with E-state index in [1.54, 1.807) is 6.92 Å². The maximum absolute atomic E-state index is 11.6. The molecule has 5 heteroatoms. The van der Waals surface area contributed by atoms with Crippen LogP contribution in [0.1, 0.15) is 39.5 Å². The van der Waals surface area contributed by atoms with Crippen molar-refractivity contribution in [3.8, 4) is 0 Å². The Balaban J connectivity index is 2.30. The molecule has 1 rings (SSSR count). The fourth-order valence-electron chi connectivity index (χ4n) is 2.29. The van der Waals surface area contributed by atoms with Crippen molar-refractivity contribution >= 4 is 11.9 Å². The molecule has 1 saturated carbocycles. The molecule has 0 amide bonds. The van der Waals surface area contributed by atoms with Crippen LogP contribution in [0.4, 0.5) is 0 Å². The number of hydrogen-bond acceptors (Lipinski definition) is 5. The monoisotopic (exact) mass is 257 g/mol. The average molecular weight is 257 g/mol. The Morgan fingerprint density at radius 3 is 2.56 bits per heavy atom. The van der Waals surface area contributed by atoms with Gasteiger partial charge in [0.1, 0.15) is 0 Å². The van der Waals surface area contributed by atoms with Crippen LogP contribution in [-0.4, -0.2) is 37.7 Å². The van der Waals surface area contributed by atoms with E-state index in [1.165, 1.54) is 0 Å². The molecule has 0 aromatic rings. The zero-order chi connectivity index (χ0) is 13.4. The van der Waals surface area contributed by atoms with E-state index in [-0.39, 0.29) is 30.4 Å². The molecular weight excluding hydrogens is 234 g/mol. The summed E-state index contributed by atoms with van der Waals surface area (Å²) in [5, 5.41) is 3.15. The van der Waals surface area contributed by atoms with Crippen molar-refractivity contribution in [1.29, 1.82) is 0 Å². The van der Waals surface area contributed by atoms with Crippen molar-refractivity contribution in [3.05, 3.63) is 0 Å². The van der Waals surface area contributed by atoms with E-state index in [2.05, 4.69) is 5.32 Å². The highest BCUT2D eigenvalue weighted by molar-refractivity contribution is 5.73. The second-order valence-electron chi connectivity index (χ2n) is 4.50. The smallest absolute Gasteiger partial charge is 0.319 e. The zero-order valence-electron chi connectivity index (χ0n) is 11.2. The molecular formula is C13H23NO4. The molecule has 0 saturated heterocycles. The number of ether oxygens (including phenoxy) is 2. The molecule has 0 spiro atoms. The minimum Gasteiger partial charge on any atom is -0.466 e. The van der Waals surface area contributed by atoms with E-state index in [4.69, 9.17) is 9.47 Å². The highest BCUT2D eigenvalue weighted by Crippen LogP contribution is 2.25. The number of esters is 2. The molecule has 2 unspecified atom stereocenters. The number of rotatable bonds is 6. The Hall–Kier alpha value is -1.10. The summed E-state index contributed by atoms with van der Waals surface area (Å²) in [4.78, 5) is 22.9. The van der Waals surface area contributed by atoms with Crippen LogP contribution in [0.15, 0.2) is 0 Å². The van der Waals surface area contributed by atoms with Gasteiger partial charge in [0.05, 0.1) is 25.7 Å². The van der Waals surface area contributed by atoms with Crippen LogP contribution in [0.3, 0.4) is 0 Å². The first-order chi connectivity index (χ1) is 8.67. The maximum atomic E-state index is 11.6. The third kappa shape index (κ3) is 5.04. The molecule has 0 heterocycles. The topological polar surface area (TPSA) is 64.6 Å². The summed E-state index contributed by atoms with van der Waals surface area (Å²) in [6, 6.07) is 0.206. The third-order valence-corrected chi connectivity index (χ3v) is 3.13. The Labute approximate surface area is 108 Å². The van der Waals surface area contributed by atoms with E-state index in [0.717, 1.165) is 25.7 Å².